The number of benzene rings is 2. The van der Waals surface area contributed by atoms with Crippen molar-refractivity contribution in [2.24, 2.45) is 0 Å². The second-order valence-electron chi connectivity index (χ2n) is 7.71. The molecule has 0 saturated carbocycles. The standard InChI is InChI=1S/C22H27NO2/c1-15-5-8-17(9-6-15)10-12-21(24)23-19-14-22(3,4)25-20-13-16(2)7-11-18(19)20/h5-9,11,13,19H,10,12,14H2,1-4H3,(H,23,24)/t19-/m1/s1. The maximum Gasteiger partial charge on any atom is 0.220 e. The topological polar surface area (TPSA) is 38.3 Å². The third kappa shape index (κ3) is 4.41. The lowest BCUT2D eigenvalue weighted by molar-refractivity contribution is -0.122. The van der Waals surface area contributed by atoms with E-state index in [1.54, 1.807) is 0 Å². The third-order valence-electron chi connectivity index (χ3n) is 4.72. The number of ether oxygens (including phenoxy) is 1. The lowest BCUT2D eigenvalue weighted by atomic mass is 9.89. The molecule has 0 radical (unpaired) electrons. The molecule has 0 aliphatic carbocycles. The van der Waals surface area contributed by atoms with Crippen LogP contribution < -0.4 is 10.1 Å². The lowest BCUT2D eigenvalue weighted by Crippen LogP contribution is -2.41. The van der Waals surface area contributed by atoms with Crippen LogP contribution in [0.2, 0.25) is 0 Å². The lowest BCUT2D eigenvalue weighted by Gasteiger charge is -2.38. The highest BCUT2D eigenvalue weighted by atomic mass is 16.5. The highest BCUT2D eigenvalue weighted by Gasteiger charge is 2.34. The Balaban J connectivity index is 1.67. The SMILES string of the molecule is Cc1ccc(CCC(=O)N[C@@H]2CC(C)(C)Oc3cc(C)ccc32)cc1. The summed E-state index contributed by atoms with van der Waals surface area (Å²) < 4.78 is 6.10. The van der Waals surface area contributed by atoms with E-state index in [1.165, 1.54) is 16.7 Å². The highest BCUT2D eigenvalue weighted by Crippen LogP contribution is 2.39. The average Bonchev–Trinajstić information content (AvgIpc) is 2.52. The molecule has 2 aromatic rings. The van der Waals surface area contributed by atoms with Crippen molar-refractivity contribution >= 4 is 5.91 Å². The molecule has 3 rings (SSSR count). The van der Waals surface area contributed by atoms with Crippen molar-refractivity contribution in [3.05, 3.63) is 64.7 Å². The number of carbonyl (C=O) groups excluding carboxylic acids is 1. The quantitative estimate of drug-likeness (QED) is 0.881. The zero-order chi connectivity index (χ0) is 18.0. The molecule has 1 amide bonds. The van der Waals surface area contributed by atoms with E-state index in [9.17, 15) is 4.79 Å². The molecule has 0 bridgehead atoms. The number of hydrogen-bond acceptors (Lipinski definition) is 2. The monoisotopic (exact) mass is 337 g/mol. The van der Waals surface area contributed by atoms with Crippen molar-refractivity contribution in [1.29, 1.82) is 0 Å². The molecule has 1 heterocycles. The first-order valence-corrected chi connectivity index (χ1v) is 8.97. The van der Waals surface area contributed by atoms with E-state index in [-0.39, 0.29) is 17.6 Å². The van der Waals surface area contributed by atoms with Gasteiger partial charge < -0.3 is 10.1 Å². The fraction of sp³-hybridized carbons (Fsp3) is 0.409. The van der Waals surface area contributed by atoms with Gasteiger partial charge in [-0.2, -0.15) is 0 Å². The Morgan fingerprint density at radius 1 is 1.12 bits per heavy atom. The normalized spacial score (nSPS) is 18.2. The van der Waals surface area contributed by atoms with Crippen LogP contribution in [0.1, 0.15) is 55.0 Å². The van der Waals surface area contributed by atoms with E-state index in [2.05, 4.69) is 75.5 Å². The van der Waals surface area contributed by atoms with Crippen LogP contribution in [-0.4, -0.2) is 11.5 Å². The first-order chi connectivity index (χ1) is 11.8. The van der Waals surface area contributed by atoms with Crippen molar-refractivity contribution in [2.45, 2.75) is 58.6 Å². The summed E-state index contributed by atoms with van der Waals surface area (Å²) in [5.41, 5.74) is 4.40. The summed E-state index contributed by atoms with van der Waals surface area (Å²) in [5.74, 6) is 0.981. The van der Waals surface area contributed by atoms with Crippen molar-refractivity contribution in [3.8, 4) is 5.75 Å². The molecule has 0 saturated heterocycles. The maximum absolute atomic E-state index is 12.5. The summed E-state index contributed by atoms with van der Waals surface area (Å²) in [4.78, 5) is 12.5. The Morgan fingerprint density at radius 3 is 2.52 bits per heavy atom. The van der Waals surface area contributed by atoms with Gasteiger partial charge in [-0.25, -0.2) is 0 Å². The van der Waals surface area contributed by atoms with Crippen LogP contribution in [0.4, 0.5) is 0 Å². The van der Waals surface area contributed by atoms with E-state index >= 15 is 0 Å². The predicted octanol–water partition coefficient (Wildman–Crippen LogP) is 4.65. The van der Waals surface area contributed by atoms with Gasteiger partial charge in [0.25, 0.3) is 0 Å². The molecule has 0 unspecified atom stereocenters. The van der Waals surface area contributed by atoms with Gasteiger partial charge in [0.05, 0.1) is 6.04 Å². The number of hydrogen-bond donors (Lipinski definition) is 1. The number of aryl methyl sites for hydroxylation is 3. The van der Waals surface area contributed by atoms with Crippen LogP contribution >= 0.6 is 0 Å². The van der Waals surface area contributed by atoms with Gasteiger partial charge in [-0.05, 0) is 51.3 Å². The summed E-state index contributed by atoms with van der Waals surface area (Å²) in [6, 6.07) is 14.6. The number of rotatable bonds is 4. The van der Waals surface area contributed by atoms with Gasteiger partial charge >= 0.3 is 0 Å². The third-order valence-corrected chi connectivity index (χ3v) is 4.72. The Morgan fingerprint density at radius 2 is 1.80 bits per heavy atom. The first kappa shape index (κ1) is 17.5. The van der Waals surface area contributed by atoms with Crippen molar-refractivity contribution in [3.63, 3.8) is 0 Å². The molecule has 132 valence electrons. The fourth-order valence-electron chi connectivity index (χ4n) is 3.37. The second kappa shape index (κ2) is 6.91. The van der Waals surface area contributed by atoms with Crippen LogP contribution in [-0.2, 0) is 11.2 Å². The molecule has 1 aliphatic rings. The molecule has 1 atom stereocenters. The van der Waals surface area contributed by atoms with Crippen LogP contribution in [0.25, 0.3) is 0 Å². The van der Waals surface area contributed by atoms with Crippen LogP contribution in [0.3, 0.4) is 0 Å². The molecule has 1 aliphatic heterocycles. The highest BCUT2D eigenvalue weighted by molar-refractivity contribution is 5.77. The summed E-state index contributed by atoms with van der Waals surface area (Å²) >= 11 is 0. The molecule has 1 N–H and O–H groups in total. The Hall–Kier alpha value is -2.29. The Kier molecular flexibility index (Phi) is 4.85. The van der Waals surface area contributed by atoms with Gasteiger partial charge in [0.2, 0.25) is 5.91 Å². The second-order valence-corrected chi connectivity index (χ2v) is 7.71. The minimum Gasteiger partial charge on any atom is -0.487 e. The van der Waals surface area contributed by atoms with Gasteiger partial charge in [0, 0.05) is 18.4 Å². The molecule has 0 fully saturated rings. The summed E-state index contributed by atoms with van der Waals surface area (Å²) in [6.07, 6.45) is 2.04. The van der Waals surface area contributed by atoms with Gasteiger partial charge in [0.1, 0.15) is 11.4 Å². The first-order valence-electron chi connectivity index (χ1n) is 8.97. The molecular formula is C22H27NO2. The summed E-state index contributed by atoms with van der Waals surface area (Å²) in [6.45, 7) is 8.27. The fourth-order valence-corrected chi connectivity index (χ4v) is 3.37. The smallest absolute Gasteiger partial charge is 0.220 e. The van der Waals surface area contributed by atoms with Gasteiger partial charge in [-0.3, -0.25) is 4.79 Å². The van der Waals surface area contributed by atoms with Crippen molar-refractivity contribution in [2.75, 3.05) is 0 Å². The number of fused-ring (bicyclic) bond motifs is 1. The Labute approximate surface area is 150 Å². The molecule has 3 nitrogen and oxygen atoms in total. The van der Waals surface area contributed by atoms with E-state index in [0.717, 1.165) is 24.2 Å². The van der Waals surface area contributed by atoms with E-state index < -0.39 is 0 Å². The molecule has 3 heteroatoms. The summed E-state index contributed by atoms with van der Waals surface area (Å²) in [7, 11) is 0. The molecule has 2 aromatic carbocycles. The minimum atomic E-state index is -0.282. The maximum atomic E-state index is 12.5. The minimum absolute atomic E-state index is 0.00451. The zero-order valence-electron chi connectivity index (χ0n) is 15.6. The molecule has 0 spiro atoms. The van der Waals surface area contributed by atoms with Crippen LogP contribution in [0.5, 0.6) is 5.75 Å². The Bertz CT molecular complexity index is 762. The van der Waals surface area contributed by atoms with Gasteiger partial charge in [-0.15, -0.1) is 0 Å². The number of amides is 1. The summed E-state index contributed by atoms with van der Waals surface area (Å²) in [5, 5.41) is 3.21. The molecule has 0 aromatic heterocycles. The van der Waals surface area contributed by atoms with Crippen LogP contribution in [0.15, 0.2) is 42.5 Å². The van der Waals surface area contributed by atoms with Crippen molar-refractivity contribution in [1.82, 2.24) is 5.32 Å². The largest absolute Gasteiger partial charge is 0.487 e. The van der Waals surface area contributed by atoms with E-state index in [4.69, 9.17) is 4.74 Å². The average molecular weight is 337 g/mol. The zero-order valence-corrected chi connectivity index (χ0v) is 15.6. The van der Waals surface area contributed by atoms with Crippen molar-refractivity contribution < 1.29 is 9.53 Å². The van der Waals surface area contributed by atoms with E-state index in [1.807, 2.05) is 0 Å². The molecule has 25 heavy (non-hydrogen) atoms. The van der Waals surface area contributed by atoms with Gasteiger partial charge in [-0.1, -0.05) is 42.0 Å². The number of nitrogens with one attached hydrogen (secondary N) is 1. The predicted molar refractivity (Wildman–Crippen MR) is 101 cm³/mol. The number of carbonyl (C=O) groups is 1. The van der Waals surface area contributed by atoms with Crippen LogP contribution in [0, 0.1) is 13.8 Å². The molecular weight excluding hydrogens is 310 g/mol. The van der Waals surface area contributed by atoms with E-state index in [0.29, 0.717) is 6.42 Å². The van der Waals surface area contributed by atoms with Gasteiger partial charge in [0.15, 0.2) is 0 Å².